The Labute approximate surface area is 182 Å². The maximum atomic E-state index is 11.0. The molecule has 3 aromatic rings. The Morgan fingerprint density at radius 3 is 2.10 bits per heavy atom. The van der Waals surface area contributed by atoms with Crippen LogP contribution in [0.3, 0.4) is 0 Å². The summed E-state index contributed by atoms with van der Waals surface area (Å²) < 4.78 is 5.99. The number of nitrogens with zero attached hydrogens (tertiary/aromatic N) is 2. The van der Waals surface area contributed by atoms with Gasteiger partial charge < -0.3 is 9.84 Å². The number of hydrogen-bond donors (Lipinski definition) is 1. The van der Waals surface area contributed by atoms with Crippen LogP contribution in [0.2, 0.25) is 0 Å². The normalized spacial score (nSPS) is 20.8. The van der Waals surface area contributed by atoms with Crippen molar-refractivity contribution in [1.82, 2.24) is 9.80 Å². The molecule has 2 heterocycles. The molecule has 0 radical (unpaired) electrons. The predicted molar refractivity (Wildman–Crippen MR) is 119 cm³/mol. The van der Waals surface area contributed by atoms with Crippen LogP contribution in [0.4, 0.5) is 0 Å². The van der Waals surface area contributed by atoms with E-state index in [4.69, 9.17) is 9.84 Å². The van der Waals surface area contributed by atoms with Crippen molar-refractivity contribution in [3.63, 3.8) is 0 Å². The van der Waals surface area contributed by atoms with Gasteiger partial charge in [0.15, 0.2) is 0 Å². The lowest BCUT2D eigenvalue weighted by Gasteiger charge is -2.34. The van der Waals surface area contributed by atoms with Crippen LogP contribution in [-0.4, -0.2) is 46.0 Å². The van der Waals surface area contributed by atoms with Gasteiger partial charge in [0.2, 0.25) is 0 Å². The second-order valence-corrected chi connectivity index (χ2v) is 8.47. The van der Waals surface area contributed by atoms with E-state index in [2.05, 4.69) is 28.0 Å². The Bertz CT molecular complexity index is 1050. The first-order chi connectivity index (χ1) is 15.1. The number of hydrogen-bond acceptors (Lipinski definition) is 4. The molecule has 5 rings (SSSR count). The first-order valence-corrected chi connectivity index (χ1v) is 10.8. The van der Waals surface area contributed by atoms with E-state index in [1.54, 1.807) is 12.1 Å². The summed E-state index contributed by atoms with van der Waals surface area (Å²) in [5.41, 5.74) is 2.79. The van der Waals surface area contributed by atoms with Gasteiger partial charge in [-0.3, -0.25) is 9.80 Å². The van der Waals surface area contributed by atoms with Crippen LogP contribution in [0.25, 0.3) is 0 Å². The highest BCUT2D eigenvalue weighted by Gasteiger charge is 2.42. The molecule has 0 saturated carbocycles. The Balaban J connectivity index is 1.18. The minimum atomic E-state index is -0.874. The van der Waals surface area contributed by atoms with Crippen LogP contribution in [-0.2, 0) is 13.1 Å². The van der Waals surface area contributed by atoms with Crippen molar-refractivity contribution in [3.05, 3.63) is 95.6 Å². The number of benzene rings is 3. The first-order valence-electron chi connectivity index (χ1n) is 10.8. The molecule has 5 heteroatoms. The van der Waals surface area contributed by atoms with E-state index < -0.39 is 5.97 Å². The van der Waals surface area contributed by atoms with Gasteiger partial charge in [0.25, 0.3) is 0 Å². The number of fused-ring (bicyclic) bond motifs is 2. The fourth-order valence-electron chi connectivity index (χ4n) is 4.77. The Morgan fingerprint density at radius 2 is 1.45 bits per heavy atom. The summed E-state index contributed by atoms with van der Waals surface area (Å²) in [7, 11) is 0. The number of aromatic carboxylic acids is 1. The monoisotopic (exact) mass is 414 g/mol. The molecule has 5 nitrogen and oxygen atoms in total. The molecule has 0 amide bonds. The van der Waals surface area contributed by atoms with Crippen LogP contribution in [0.15, 0.2) is 78.9 Å². The number of piperazine rings is 1. The summed E-state index contributed by atoms with van der Waals surface area (Å²) in [6.07, 6.45) is 1.20. The van der Waals surface area contributed by atoms with E-state index in [-0.39, 0.29) is 0 Å². The van der Waals surface area contributed by atoms with Gasteiger partial charge in [-0.1, -0.05) is 42.5 Å². The van der Waals surface area contributed by atoms with Crippen molar-refractivity contribution in [2.24, 2.45) is 0 Å². The number of carbonyl (C=O) groups is 1. The molecular weight excluding hydrogens is 388 g/mol. The van der Waals surface area contributed by atoms with E-state index in [0.29, 0.717) is 17.6 Å². The fraction of sp³-hybridized carbons (Fsp3) is 0.269. The number of likely N-dealkylation sites (tertiary alicyclic amines) is 2. The van der Waals surface area contributed by atoms with Crippen LogP contribution >= 0.6 is 0 Å². The molecule has 1 N–H and O–H groups in total. The van der Waals surface area contributed by atoms with Crippen molar-refractivity contribution >= 4 is 5.97 Å². The van der Waals surface area contributed by atoms with Crippen molar-refractivity contribution < 1.29 is 14.6 Å². The largest absolute Gasteiger partial charge is 0.478 e. The minimum absolute atomic E-state index is 0.344. The van der Waals surface area contributed by atoms with Gasteiger partial charge in [-0.05, 0) is 53.9 Å². The number of para-hydroxylation sites is 1. The number of carboxylic acids is 1. The van der Waals surface area contributed by atoms with Gasteiger partial charge >= 0.3 is 5.97 Å². The zero-order chi connectivity index (χ0) is 21.2. The third-order valence-corrected chi connectivity index (χ3v) is 6.32. The third-order valence-electron chi connectivity index (χ3n) is 6.32. The minimum Gasteiger partial charge on any atom is -0.478 e. The zero-order valence-electron chi connectivity index (χ0n) is 17.4. The van der Waals surface area contributed by atoms with Crippen LogP contribution < -0.4 is 4.74 Å². The zero-order valence-corrected chi connectivity index (χ0v) is 17.4. The van der Waals surface area contributed by atoms with Gasteiger partial charge in [-0.2, -0.15) is 0 Å². The van der Waals surface area contributed by atoms with Crippen molar-refractivity contribution in [1.29, 1.82) is 0 Å². The van der Waals surface area contributed by atoms with Gasteiger partial charge in [0, 0.05) is 38.3 Å². The van der Waals surface area contributed by atoms with E-state index >= 15 is 0 Å². The molecule has 0 spiro atoms. The van der Waals surface area contributed by atoms with Gasteiger partial charge in [0.05, 0.1) is 5.56 Å². The van der Waals surface area contributed by atoms with Gasteiger partial charge in [0.1, 0.15) is 11.5 Å². The molecule has 3 aromatic carbocycles. The van der Waals surface area contributed by atoms with Gasteiger partial charge in [-0.15, -0.1) is 0 Å². The van der Waals surface area contributed by atoms with E-state index in [1.807, 2.05) is 48.5 Å². The summed E-state index contributed by atoms with van der Waals surface area (Å²) in [5, 5.41) is 9.06. The summed E-state index contributed by atoms with van der Waals surface area (Å²) in [4.78, 5) is 16.1. The quantitative estimate of drug-likeness (QED) is 0.611. The lowest BCUT2D eigenvalue weighted by atomic mass is 10.1. The molecule has 0 unspecified atom stereocenters. The SMILES string of the molecule is O=C(O)c1ccc(CN2C[C@@H]3C[C@H]2CN3Cc2cccc(Oc3ccccc3)c2)cc1. The predicted octanol–water partition coefficient (Wildman–Crippen LogP) is 4.64. The summed E-state index contributed by atoms with van der Waals surface area (Å²) in [6.45, 7) is 3.96. The average molecular weight is 415 g/mol. The molecular formula is C26H26N2O3. The molecule has 0 aromatic heterocycles. The number of rotatable bonds is 7. The number of carboxylic acid groups (broad SMARTS) is 1. The summed E-state index contributed by atoms with van der Waals surface area (Å²) >= 11 is 0. The van der Waals surface area contributed by atoms with Crippen molar-refractivity contribution in [3.8, 4) is 11.5 Å². The summed E-state index contributed by atoms with van der Waals surface area (Å²) in [6, 6.07) is 26.7. The fourth-order valence-corrected chi connectivity index (χ4v) is 4.77. The molecule has 2 saturated heterocycles. The highest BCUT2D eigenvalue weighted by molar-refractivity contribution is 5.87. The van der Waals surface area contributed by atoms with Crippen molar-refractivity contribution in [2.75, 3.05) is 13.1 Å². The van der Waals surface area contributed by atoms with Crippen molar-refractivity contribution in [2.45, 2.75) is 31.6 Å². The maximum absolute atomic E-state index is 11.0. The first kappa shape index (κ1) is 19.8. The molecule has 2 bridgehead atoms. The molecule has 2 atom stereocenters. The Kier molecular flexibility index (Phi) is 5.45. The van der Waals surface area contributed by atoms with Crippen LogP contribution in [0, 0.1) is 0 Å². The highest BCUT2D eigenvalue weighted by Crippen LogP contribution is 2.33. The average Bonchev–Trinajstić information content (AvgIpc) is 3.35. The molecule has 31 heavy (non-hydrogen) atoms. The molecule has 2 aliphatic rings. The lowest BCUT2D eigenvalue weighted by molar-refractivity contribution is 0.0697. The van der Waals surface area contributed by atoms with Crippen LogP contribution in [0.5, 0.6) is 11.5 Å². The molecule has 158 valence electrons. The number of ether oxygens (including phenoxy) is 1. The Hall–Kier alpha value is -3.15. The summed E-state index contributed by atoms with van der Waals surface area (Å²) in [5.74, 6) is 0.854. The molecule has 2 fully saturated rings. The lowest BCUT2D eigenvalue weighted by Crippen LogP contribution is -2.45. The standard InChI is InChI=1S/C26H26N2O3/c29-26(30)21-11-9-19(10-12-21)15-27-17-23-14-22(27)18-28(23)16-20-5-4-8-25(13-20)31-24-6-2-1-3-7-24/h1-13,22-23H,14-18H2,(H,29,30)/t22-,23-/m0/s1. The molecule has 0 aliphatic carbocycles. The van der Waals surface area contributed by atoms with E-state index in [0.717, 1.165) is 37.7 Å². The molecule has 2 aliphatic heterocycles. The second kappa shape index (κ2) is 8.53. The van der Waals surface area contributed by atoms with Gasteiger partial charge in [-0.25, -0.2) is 4.79 Å². The smallest absolute Gasteiger partial charge is 0.335 e. The second-order valence-electron chi connectivity index (χ2n) is 8.47. The highest BCUT2D eigenvalue weighted by atomic mass is 16.5. The topological polar surface area (TPSA) is 53.0 Å². The van der Waals surface area contributed by atoms with Crippen LogP contribution in [0.1, 0.15) is 27.9 Å². The third kappa shape index (κ3) is 4.48. The van der Waals surface area contributed by atoms with E-state index in [9.17, 15) is 4.79 Å². The maximum Gasteiger partial charge on any atom is 0.335 e. The Morgan fingerprint density at radius 1 is 0.806 bits per heavy atom. The van der Waals surface area contributed by atoms with E-state index in [1.165, 1.54) is 17.5 Å².